The van der Waals surface area contributed by atoms with Gasteiger partial charge < -0.3 is 20.5 Å². The fourth-order valence-electron chi connectivity index (χ4n) is 3.34. The number of thioether (sulfide) groups is 1. The molecule has 1 heterocycles. The first-order valence-electron chi connectivity index (χ1n) is 10.7. The van der Waals surface area contributed by atoms with E-state index in [1.165, 1.54) is 6.42 Å². The highest BCUT2D eigenvalue weighted by atomic mass is 32.2. The number of amides is 1. The van der Waals surface area contributed by atoms with Crippen molar-refractivity contribution < 1.29 is 14.3 Å². The number of ether oxygens (including phenoxy) is 2. The predicted molar refractivity (Wildman–Crippen MR) is 128 cm³/mol. The van der Waals surface area contributed by atoms with Crippen LogP contribution < -0.4 is 20.5 Å². The third kappa shape index (κ3) is 6.92. The maximum absolute atomic E-state index is 12.3. The fraction of sp³-hybridized carbons (Fsp3) is 0.417. The molecule has 3 rings (SSSR count). The summed E-state index contributed by atoms with van der Waals surface area (Å²) >= 11 is 1.58. The molecule has 0 aliphatic carbocycles. The van der Waals surface area contributed by atoms with Gasteiger partial charge in [0.2, 0.25) is 0 Å². The van der Waals surface area contributed by atoms with Crippen molar-refractivity contribution in [3.05, 3.63) is 54.1 Å². The minimum atomic E-state index is -0.364. The molecule has 3 N–H and O–H groups in total. The summed E-state index contributed by atoms with van der Waals surface area (Å²) in [5, 5.41) is 3.45. The highest BCUT2D eigenvalue weighted by Crippen LogP contribution is 2.36. The Morgan fingerprint density at radius 2 is 1.97 bits per heavy atom. The van der Waals surface area contributed by atoms with Crippen LogP contribution in [0.1, 0.15) is 45.1 Å². The van der Waals surface area contributed by atoms with Crippen LogP contribution >= 0.6 is 11.8 Å². The van der Waals surface area contributed by atoms with Gasteiger partial charge in [0.05, 0.1) is 12.1 Å². The molecule has 7 heteroatoms. The van der Waals surface area contributed by atoms with Crippen molar-refractivity contribution in [3.8, 4) is 11.5 Å². The van der Waals surface area contributed by atoms with Crippen LogP contribution in [0, 0.1) is 0 Å². The van der Waals surface area contributed by atoms with Gasteiger partial charge in [0.25, 0.3) is 5.91 Å². The Morgan fingerprint density at radius 3 is 2.71 bits per heavy atom. The van der Waals surface area contributed by atoms with Crippen LogP contribution in [0.5, 0.6) is 11.5 Å². The SMILES string of the molecule is CCCCCOc1ccc(NC(=O)COc2cccc([C@]3(C)CCSC(N)=N3)c2)cc1. The van der Waals surface area contributed by atoms with Gasteiger partial charge >= 0.3 is 0 Å². The van der Waals surface area contributed by atoms with E-state index in [9.17, 15) is 4.79 Å². The zero-order chi connectivity index (χ0) is 22.1. The van der Waals surface area contributed by atoms with Gasteiger partial charge in [0.1, 0.15) is 11.5 Å². The summed E-state index contributed by atoms with van der Waals surface area (Å²) in [4.78, 5) is 16.9. The molecule has 0 aromatic heterocycles. The van der Waals surface area contributed by atoms with Gasteiger partial charge in [-0.1, -0.05) is 43.7 Å². The molecule has 1 aliphatic rings. The van der Waals surface area contributed by atoms with E-state index in [1.807, 2.05) is 48.5 Å². The van der Waals surface area contributed by atoms with Gasteiger partial charge in [0.15, 0.2) is 11.8 Å². The number of unbranched alkanes of at least 4 members (excludes halogenated alkanes) is 2. The average Bonchev–Trinajstić information content (AvgIpc) is 2.76. The standard InChI is InChI=1S/C24H31N3O3S/c1-3-4-5-14-29-20-11-9-19(10-12-20)26-22(28)17-30-21-8-6-7-18(16-21)24(2)13-15-31-23(25)27-24/h6-12,16H,3-5,13-15,17H2,1-2H3,(H2,25,27)(H,26,28)/t24-/m0/s1. The minimum Gasteiger partial charge on any atom is -0.494 e. The number of anilines is 1. The number of carbonyl (C=O) groups is 1. The van der Waals surface area contributed by atoms with Gasteiger partial charge in [-0.15, -0.1) is 0 Å². The lowest BCUT2D eigenvalue weighted by Crippen LogP contribution is -2.28. The maximum Gasteiger partial charge on any atom is 0.262 e. The number of benzene rings is 2. The summed E-state index contributed by atoms with van der Waals surface area (Å²) in [6.45, 7) is 4.88. The van der Waals surface area contributed by atoms with Crippen LogP contribution in [0.3, 0.4) is 0 Å². The van der Waals surface area contributed by atoms with Gasteiger partial charge in [-0.05, 0) is 61.7 Å². The first-order chi connectivity index (χ1) is 15.0. The summed E-state index contributed by atoms with van der Waals surface area (Å²) in [5.41, 5.74) is 7.30. The molecule has 31 heavy (non-hydrogen) atoms. The number of aliphatic imine (C=N–C) groups is 1. The van der Waals surface area contributed by atoms with Crippen molar-refractivity contribution in [2.75, 3.05) is 24.3 Å². The van der Waals surface area contributed by atoms with E-state index in [0.717, 1.165) is 36.3 Å². The first kappa shape index (κ1) is 23.0. The molecule has 1 amide bonds. The zero-order valence-corrected chi connectivity index (χ0v) is 19.0. The van der Waals surface area contributed by atoms with E-state index in [1.54, 1.807) is 11.8 Å². The molecule has 1 atom stereocenters. The summed E-state index contributed by atoms with van der Waals surface area (Å²) in [6, 6.07) is 15.1. The molecule has 0 bridgehead atoms. The van der Waals surface area contributed by atoms with E-state index in [-0.39, 0.29) is 18.1 Å². The molecule has 6 nitrogen and oxygen atoms in total. The van der Waals surface area contributed by atoms with Crippen molar-refractivity contribution in [2.45, 2.75) is 45.1 Å². The minimum absolute atomic E-state index is 0.0727. The van der Waals surface area contributed by atoms with E-state index >= 15 is 0 Å². The lowest BCUT2D eigenvalue weighted by molar-refractivity contribution is -0.118. The number of nitrogens with zero attached hydrogens (tertiary/aromatic N) is 1. The molecule has 2 aromatic rings. The first-order valence-corrected chi connectivity index (χ1v) is 11.7. The fourth-order valence-corrected chi connectivity index (χ4v) is 4.31. The Hall–Kier alpha value is -2.67. The number of hydrogen-bond acceptors (Lipinski definition) is 6. The number of rotatable bonds is 10. The Labute approximate surface area is 188 Å². The Balaban J connectivity index is 1.50. The van der Waals surface area contributed by atoms with Crippen molar-refractivity contribution in [3.63, 3.8) is 0 Å². The van der Waals surface area contributed by atoms with E-state index in [0.29, 0.717) is 23.2 Å². The molecule has 0 fully saturated rings. The topological polar surface area (TPSA) is 85.9 Å². The van der Waals surface area contributed by atoms with E-state index in [4.69, 9.17) is 15.2 Å². The monoisotopic (exact) mass is 441 g/mol. The highest BCUT2D eigenvalue weighted by molar-refractivity contribution is 8.13. The van der Waals surface area contributed by atoms with Gasteiger partial charge in [-0.25, -0.2) is 0 Å². The summed E-state index contributed by atoms with van der Waals surface area (Å²) < 4.78 is 11.4. The van der Waals surface area contributed by atoms with Crippen LogP contribution in [-0.2, 0) is 10.3 Å². The second kappa shape index (κ2) is 11.1. The quantitative estimate of drug-likeness (QED) is 0.510. The number of nitrogens with two attached hydrogens (primary N) is 1. The Morgan fingerprint density at radius 1 is 1.16 bits per heavy atom. The second-order valence-corrected chi connectivity index (χ2v) is 8.88. The van der Waals surface area contributed by atoms with Crippen LogP contribution in [0.4, 0.5) is 5.69 Å². The summed E-state index contributed by atoms with van der Waals surface area (Å²) in [6.07, 6.45) is 4.28. The lowest BCUT2D eigenvalue weighted by Gasteiger charge is -2.30. The number of nitrogens with one attached hydrogen (secondary N) is 1. The maximum atomic E-state index is 12.3. The number of amidine groups is 1. The van der Waals surface area contributed by atoms with Crippen LogP contribution in [0.15, 0.2) is 53.5 Å². The molecule has 166 valence electrons. The summed E-state index contributed by atoms with van der Waals surface area (Å²) in [5.74, 6) is 2.16. The van der Waals surface area contributed by atoms with Crippen LogP contribution in [0.25, 0.3) is 0 Å². The van der Waals surface area contributed by atoms with Crippen molar-refractivity contribution in [1.29, 1.82) is 0 Å². The van der Waals surface area contributed by atoms with Crippen molar-refractivity contribution in [2.24, 2.45) is 10.7 Å². The van der Waals surface area contributed by atoms with E-state index < -0.39 is 0 Å². The molecule has 0 saturated heterocycles. The number of carbonyl (C=O) groups excluding carboxylic acids is 1. The Bertz CT molecular complexity index is 901. The highest BCUT2D eigenvalue weighted by Gasteiger charge is 2.29. The molecular weight excluding hydrogens is 410 g/mol. The van der Waals surface area contributed by atoms with Crippen molar-refractivity contribution in [1.82, 2.24) is 0 Å². The zero-order valence-electron chi connectivity index (χ0n) is 18.2. The molecule has 0 saturated carbocycles. The molecular formula is C24H31N3O3S. The number of hydrogen-bond donors (Lipinski definition) is 2. The third-order valence-electron chi connectivity index (χ3n) is 5.18. The molecule has 0 spiro atoms. The molecule has 2 aromatic carbocycles. The van der Waals surface area contributed by atoms with Crippen LogP contribution in [-0.4, -0.2) is 30.0 Å². The predicted octanol–water partition coefficient (Wildman–Crippen LogP) is 4.94. The third-order valence-corrected chi connectivity index (χ3v) is 5.97. The van der Waals surface area contributed by atoms with E-state index in [2.05, 4.69) is 24.2 Å². The second-order valence-electron chi connectivity index (χ2n) is 7.77. The molecule has 0 unspecified atom stereocenters. The van der Waals surface area contributed by atoms with Gasteiger partial charge in [-0.2, -0.15) is 0 Å². The molecule has 0 radical (unpaired) electrons. The lowest BCUT2D eigenvalue weighted by atomic mass is 9.90. The smallest absolute Gasteiger partial charge is 0.262 e. The van der Waals surface area contributed by atoms with Gasteiger partial charge in [0, 0.05) is 11.4 Å². The van der Waals surface area contributed by atoms with Gasteiger partial charge in [-0.3, -0.25) is 9.79 Å². The largest absolute Gasteiger partial charge is 0.494 e. The normalized spacial score (nSPS) is 18.2. The average molecular weight is 442 g/mol. The van der Waals surface area contributed by atoms with Crippen LogP contribution in [0.2, 0.25) is 0 Å². The molecule has 1 aliphatic heterocycles. The Kier molecular flexibility index (Phi) is 8.23. The summed E-state index contributed by atoms with van der Waals surface area (Å²) in [7, 11) is 0. The van der Waals surface area contributed by atoms with Crippen molar-refractivity contribution >= 4 is 28.5 Å².